The van der Waals surface area contributed by atoms with Gasteiger partial charge in [0.2, 0.25) is 0 Å². The van der Waals surface area contributed by atoms with E-state index in [4.69, 9.17) is 0 Å². The van der Waals surface area contributed by atoms with Crippen LogP contribution in [0.15, 0.2) is 41.6 Å². The highest BCUT2D eigenvalue weighted by Gasteiger charge is 2.18. The molecule has 0 aliphatic rings. The van der Waals surface area contributed by atoms with Gasteiger partial charge in [0.1, 0.15) is 4.90 Å². The fourth-order valence-electron chi connectivity index (χ4n) is 1.55. The van der Waals surface area contributed by atoms with Gasteiger partial charge in [-0.05, 0) is 19.1 Å². The van der Waals surface area contributed by atoms with Crippen LogP contribution in [0.3, 0.4) is 0 Å². The number of H-pyrrole nitrogens is 1. The number of para-hydroxylation sites is 1. The molecule has 1 heterocycles. The maximum absolute atomic E-state index is 12.2. The lowest BCUT2D eigenvalue weighted by atomic mass is 10.3. The Labute approximate surface area is 105 Å². The van der Waals surface area contributed by atoms with Crippen molar-refractivity contribution in [2.45, 2.75) is 11.8 Å². The zero-order valence-corrected chi connectivity index (χ0v) is 10.7. The van der Waals surface area contributed by atoms with Gasteiger partial charge in [-0.15, -0.1) is 0 Å². The molecular weight excluding hydrogens is 252 g/mol. The van der Waals surface area contributed by atoms with Gasteiger partial charge in [-0.3, -0.25) is 9.82 Å². The summed E-state index contributed by atoms with van der Waals surface area (Å²) in [6, 6.07) is 6.76. The topological polar surface area (TPSA) is 86.9 Å². The van der Waals surface area contributed by atoms with Gasteiger partial charge in [0, 0.05) is 12.7 Å². The first kappa shape index (κ1) is 12.4. The number of hydrogen-bond donors (Lipinski definition) is 3. The Balaban J connectivity index is 2.35. The number of anilines is 2. The molecule has 3 N–H and O–H groups in total. The Morgan fingerprint density at radius 3 is 2.78 bits per heavy atom. The molecule has 0 amide bonds. The molecule has 96 valence electrons. The molecule has 6 nitrogen and oxygen atoms in total. The van der Waals surface area contributed by atoms with Crippen molar-refractivity contribution in [2.75, 3.05) is 16.6 Å². The Morgan fingerprint density at radius 1 is 1.33 bits per heavy atom. The predicted octanol–water partition coefficient (Wildman–Crippen LogP) is 1.64. The number of nitrogens with zero attached hydrogens (tertiary/aromatic N) is 1. The summed E-state index contributed by atoms with van der Waals surface area (Å²) in [5.74, 6) is 0. The summed E-state index contributed by atoms with van der Waals surface area (Å²) >= 11 is 0. The van der Waals surface area contributed by atoms with Crippen molar-refractivity contribution < 1.29 is 8.42 Å². The SMILES string of the molecule is CCNc1ccccc1S(=O)(=O)Nc1cn[nH]c1. The number of aromatic amines is 1. The van der Waals surface area contributed by atoms with Crippen LogP contribution in [0.2, 0.25) is 0 Å². The third-order valence-electron chi connectivity index (χ3n) is 2.29. The fraction of sp³-hybridized carbons (Fsp3) is 0.182. The minimum absolute atomic E-state index is 0.216. The third kappa shape index (κ3) is 2.62. The van der Waals surface area contributed by atoms with Crippen LogP contribution in [-0.2, 0) is 10.0 Å². The summed E-state index contributed by atoms with van der Waals surface area (Å²) in [6.45, 7) is 2.56. The van der Waals surface area contributed by atoms with E-state index in [9.17, 15) is 8.42 Å². The second-order valence-corrected chi connectivity index (χ2v) is 5.27. The maximum atomic E-state index is 12.2. The zero-order chi connectivity index (χ0) is 13.0. The van der Waals surface area contributed by atoms with E-state index in [2.05, 4.69) is 20.2 Å². The van der Waals surface area contributed by atoms with Crippen LogP contribution < -0.4 is 10.0 Å². The largest absolute Gasteiger partial charge is 0.384 e. The van der Waals surface area contributed by atoms with Gasteiger partial charge < -0.3 is 5.32 Å². The quantitative estimate of drug-likeness (QED) is 0.768. The summed E-state index contributed by atoms with van der Waals surface area (Å²) in [6.07, 6.45) is 2.89. The molecule has 0 aliphatic heterocycles. The van der Waals surface area contributed by atoms with Gasteiger partial charge in [0.15, 0.2) is 0 Å². The zero-order valence-electron chi connectivity index (χ0n) is 9.84. The van der Waals surface area contributed by atoms with Gasteiger partial charge in [0.25, 0.3) is 10.0 Å². The molecule has 0 aliphatic carbocycles. The van der Waals surface area contributed by atoms with Crippen LogP contribution in [-0.4, -0.2) is 25.2 Å². The normalized spacial score (nSPS) is 11.2. The number of aromatic nitrogens is 2. The Kier molecular flexibility index (Phi) is 3.52. The van der Waals surface area contributed by atoms with Gasteiger partial charge in [0.05, 0.1) is 17.6 Å². The number of nitrogens with one attached hydrogen (secondary N) is 3. The van der Waals surface area contributed by atoms with E-state index in [1.165, 1.54) is 12.4 Å². The molecular formula is C11H14N4O2S. The number of rotatable bonds is 5. The van der Waals surface area contributed by atoms with E-state index in [0.717, 1.165) is 0 Å². The van der Waals surface area contributed by atoms with E-state index in [1.807, 2.05) is 6.92 Å². The average Bonchev–Trinajstić information content (AvgIpc) is 2.82. The molecule has 0 saturated carbocycles. The highest BCUT2D eigenvalue weighted by molar-refractivity contribution is 7.92. The van der Waals surface area contributed by atoms with E-state index in [1.54, 1.807) is 24.3 Å². The molecule has 0 bridgehead atoms. The van der Waals surface area contributed by atoms with Crippen molar-refractivity contribution >= 4 is 21.4 Å². The van der Waals surface area contributed by atoms with Crippen LogP contribution in [0.25, 0.3) is 0 Å². The average molecular weight is 266 g/mol. The minimum Gasteiger partial charge on any atom is -0.384 e. The molecule has 1 aromatic carbocycles. The molecule has 2 rings (SSSR count). The number of hydrogen-bond acceptors (Lipinski definition) is 4. The monoisotopic (exact) mass is 266 g/mol. The molecule has 1 aromatic heterocycles. The van der Waals surface area contributed by atoms with Crippen LogP contribution >= 0.6 is 0 Å². The third-order valence-corrected chi connectivity index (χ3v) is 3.73. The summed E-state index contributed by atoms with van der Waals surface area (Å²) in [7, 11) is -3.61. The lowest BCUT2D eigenvalue weighted by Gasteiger charge is -2.11. The Bertz CT molecular complexity index is 608. The van der Waals surface area contributed by atoms with Crippen LogP contribution in [0, 0.1) is 0 Å². The van der Waals surface area contributed by atoms with Gasteiger partial charge in [-0.2, -0.15) is 5.10 Å². The first-order valence-corrected chi connectivity index (χ1v) is 6.96. The first-order valence-electron chi connectivity index (χ1n) is 5.48. The molecule has 0 radical (unpaired) electrons. The summed E-state index contributed by atoms with van der Waals surface area (Å²) < 4.78 is 26.9. The van der Waals surface area contributed by atoms with E-state index in [0.29, 0.717) is 17.9 Å². The molecule has 0 fully saturated rings. The van der Waals surface area contributed by atoms with Gasteiger partial charge in [-0.1, -0.05) is 12.1 Å². The molecule has 0 saturated heterocycles. The molecule has 7 heteroatoms. The summed E-state index contributed by atoms with van der Waals surface area (Å²) in [5.41, 5.74) is 0.984. The Morgan fingerprint density at radius 2 is 2.11 bits per heavy atom. The molecule has 2 aromatic rings. The van der Waals surface area contributed by atoms with Gasteiger partial charge in [-0.25, -0.2) is 8.42 Å². The van der Waals surface area contributed by atoms with E-state index < -0.39 is 10.0 Å². The fourth-order valence-corrected chi connectivity index (χ4v) is 2.77. The molecule has 18 heavy (non-hydrogen) atoms. The van der Waals surface area contributed by atoms with E-state index >= 15 is 0 Å². The maximum Gasteiger partial charge on any atom is 0.264 e. The first-order chi connectivity index (χ1) is 8.63. The van der Waals surface area contributed by atoms with Crippen molar-refractivity contribution in [1.82, 2.24) is 10.2 Å². The smallest absolute Gasteiger partial charge is 0.264 e. The van der Waals surface area contributed by atoms with Crippen LogP contribution in [0.5, 0.6) is 0 Å². The van der Waals surface area contributed by atoms with Crippen molar-refractivity contribution in [3.05, 3.63) is 36.7 Å². The molecule has 0 unspecified atom stereocenters. The van der Waals surface area contributed by atoms with Crippen molar-refractivity contribution in [3.8, 4) is 0 Å². The van der Waals surface area contributed by atoms with Gasteiger partial charge >= 0.3 is 0 Å². The number of benzene rings is 1. The van der Waals surface area contributed by atoms with Crippen molar-refractivity contribution in [1.29, 1.82) is 0 Å². The molecule has 0 spiro atoms. The summed E-state index contributed by atoms with van der Waals surface area (Å²) in [5, 5.41) is 9.26. The van der Waals surface area contributed by atoms with E-state index in [-0.39, 0.29) is 4.90 Å². The van der Waals surface area contributed by atoms with Crippen LogP contribution in [0.1, 0.15) is 6.92 Å². The Hall–Kier alpha value is -2.02. The number of sulfonamides is 1. The summed E-state index contributed by atoms with van der Waals surface area (Å²) in [4.78, 5) is 0.216. The highest BCUT2D eigenvalue weighted by Crippen LogP contribution is 2.22. The lowest BCUT2D eigenvalue weighted by molar-refractivity contribution is 0.601. The molecule has 0 atom stereocenters. The second-order valence-electron chi connectivity index (χ2n) is 3.62. The predicted molar refractivity (Wildman–Crippen MR) is 70.0 cm³/mol. The highest BCUT2D eigenvalue weighted by atomic mass is 32.2. The van der Waals surface area contributed by atoms with Crippen molar-refractivity contribution in [3.63, 3.8) is 0 Å². The standard InChI is InChI=1S/C11H14N4O2S/c1-2-12-10-5-3-4-6-11(10)18(16,17)15-9-7-13-14-8-9/h3-8,12,15H,2H2,1H3,(H,13,14). The second kappa shape index (κ2) is 5.09. The van der Waals surface area contributed by atoms with Crippen molar-refractivity contribution in [2.24, 2.45) is 0 Å². The minimum atomic E-state index is -3.61. The lowest BCUT2D eigenvalue weighted by Crippen LogP contribution is -2.15. The van der Waals surface area contributed by atoms with Crippen LogP contribution in [0.4, 0.5) is 11.4 Å².